The van der Waals surface area contributed by atoms with Crippen molar-refractivity contribution in [3.05, 3.63) is 66.1 Å². The molecule has 2 heterocycles. The van der Waals surface area contributed by atoms with E-state index in [0.717, 1.165) is 27.9 Å². The van der Waals surface area contributed by atoms with Gasteiger partial charge < -0.3 is 14.7 Å². The molecule has 0 spiro atoms. The van der Waals surface area contributed by atoms with Crippen LogP contribution in [0.3, 0.4) is 0 Å². The second kappa shape index (κ2) is 7.55. The predicted molar refractivity (Wildman–Crippen MR) is 108 cm³/mol. The van der Waals surface area contributed by atoms with Crippen molar-refractivity contribution in [2.75, 3.05) is 5.32 Å². The standard InChI is InChI=1S/C20H16BrF3N4O/c1-28-10-17(25-11-28)15-7-12(18-9-19(21)27-29-18)5-6-16(15)26-14-4-2-3-13(8-14)20(22,23)24/h2-8,10-11,18,26H,9H2,1H3/t18-/m1/s1. The maximum atomic E-state index is 13.0. The lowest BCUT2D eigenvalue weighted by Gasteiger charge is -2.16. The van der Waals surface area contributed by atoms with Gasteiger partial charge in [-0.1, -0.05) is 17.3 Å². The molecule has 0 aliphatic carbocycles. The fourth-order valence-electron chi connectivity index (χ4n) is 3.09. The Labute approximate surface area is 173 Å². The summed E-state index contributed by atoms with van der Waals surface area (Å²) >= 11 is 3.33. The van der Waals surface area contributed by atoms with Gasteiger partial charge in [-0.05, 0) is 51.8 Å². The van der Waals surface area contributed by atoms with E-state index in [1.165, 1.54) is 6.07 Å². The number of rotatable bonds is 4. The number of aromatic nitrogens is 2. The molecule has 0 unspecified atom stereocenters. The summed E-state index contributed by atoms with van der Waals surface area (Å²) in [7, 11) is 1.85. The molecule has 1 aliphatic heterocycles. The van der Waals surface area contributed by atoms with Crippen molar-refractivity contribution in [2.45, 2.75) is 18.7 Å². The van der Waals surface area contributed by atoms with Crippen LogP contribution in [0.2, 0.25) is 0 Å². The van der Waals surface area contributed by atoms with Gasteiger partial charge in [0, 0.05) is 36.6 Å². The van der Waals surface area contributed by atoms with Gasteiger partial charge in [-0.15, -0.1) is 0 Å². The van der Waals surface area contributed by atoms with Crippen molar-refractivity contribution in [2.24, 2.45) is 12.2 Å². The van der Waals surface area contributed by atoms with E-state index in [-0.39, 0.29) is 6.10 Å². The number of imidazole rings is 1. The molecule has 4 rings (SSSR count). The first-order valence-corrected chi connectivity index (χ1v) is 9.53. The van der Waals surface area contributed by atoms with Crippen LogP contribution in [0.1, 0.15) is 23.7 Å². The molecule has 1 N–H and O–H groups in total. The van der Waals surface area contributed by atoms with E-state index in [1.54, 1.807) is 12.4 Å². The number of aryl methyl sites for hydroxylation is 1. The Bertz CT molecular complexity index is 1080. The smallest absolute Gasteiger partial charge is 0.386 e. The first-order valence-electron chi connectivity index (χ1n) is 8.74. The summed E-state index contributed by atoms with van der Waals surface area (Å²) in [6.07, 6.45) is -0.504. The number of halogens is 4. The summed E-state index contributed by atoms with van der Waals surface area (Å²) < 4.78 is 41.7. The summed E-state index contributed by atoms with van der Waals surface area (Å²) in [6, 6.07) is 10.7. The number of nitrogens with zero attached hydrogens (tertiary/aromatic N) is 3. The van der Waals surface area contributed by atoms with Crippen molar-refractivity contribution in [1.82, 2.24) is 9.55 Å². The molecule has 2 aromatic carbocycles. The van der Waals surface area contributed by atoms with Crippen molar-refractivity contribution in [1.29, 1.82) is 0 Å². The number of hydrogen-bond donors (Lipinski definition) is 1. The van der Waals surface area contributed by atoms with E-state index in [0.29, 0.717) is 23.5 Å². The summed E-state index contributed by atoms with van der Waals surface area (Å²) in [5.74, 6) is 0. The van der Waals surface area contributed by atoms with E-state index in [9.17, 15) is 13.2 Å². The highest BCUT2D eigenvalue weighted by Crippen LogP contribution is 2.37. The van der Waals surface area contributed by atoms with Crippen LogP contribution in [0, 0.1) is 0 Å². The molecule has 29 heavy (non-hydrogen) atoms. The highest BCUT2D eigenvalue weighted by Gasteiger charge is 2.30. The Hall–Kier alpha value is -2.81. The Kier molecular flexibility index (Phi) is 5.08. The van der Waals surface area contributed by atoms with E-state index in [2.05, 4.69) is 31.4 Å². The van der Waals surface area contributed by atoms with Crippen LogP contribution < -0.4 is 5.32 Å². The van der Waals surface area contributed by atoms with Crippen LogP contribution in [0.4, 0.5) is 24.5 Å². The van der Waals surface area contributed by atoms with Gasteiger partial charge in [0.05, 0.1) is 17.6 Å². The zero-order chi connectivity index (χ0) is 20.6. The number of nitrogens with one attached hydrogen (secondary N) is 1. The molecule has 1 aliphatic rings. The third-order valence-corrected chi connectivity index (χ3v) is 4.97. The Balaban J connectivity index is 1.71. The normalized spacial score (nSPS) is 16.4. The third-order valence-electron chi connectivity index (χ3n) is 4.50. The lowest BCUT2D eigenvalue weighted by atomic mass is 10.0. The molecule has 0 saturated heterocycles. The second-order valence-corrected chi connectivity index (χ2v) is 7.61. The zero-order valence-electron chi connectivity index (χ0n) is 15.2. The minimum absolute atomic E-state index is 0.227. The average Bonchev–Trinajstić information content (AvgIpc) is 3.30. The van der Waals surface area contributed by atoms with Gasteiger partial charge in [0.2, 0.25) is 0 Å². The molecule has 1 aromatic heterocycles. The van der Waals surface area contributed by atoms with Gasteiger partial charge >= 0.3 is 6.18 Å². The Morgan fingerprint density at radius 3 is 2.69 bits per heavy atom. The molecule has 5 nitrogen and oxygen atoms in total. The molecule has 0 fully saturated rings. The minimum Gasteiger partial charge on any atom is -0.386 e. The number of alkyl halides is 3. The molecule has 0 saturated carbocycles. The summed E-state index contributed by atoms with van der Waals surface area (Å²) in [5, 5.41) is 7.01. The van der Waals surface area contributed by atoms with Crippen LogP contribution in [0.15, 0.2) is 60.1 Å². The largest absolute Gasteiger partial charge is 0.416 e. The molecule has 0 bridgehead atoms. The van der Waals surface area contributed by atoms with Gasteiger partial charge in [-0.2, -0.15) is 13.2 Å². The number of benzene rings is 2. The first-order chi connectivity index (χ1) is 13.8. The number of hydrogen-bond acceptors (Lipinski definition) is 4. The van der Waals surface area contributed by atoms with Crippen LogP contribution >= 0.6 is 15.9 Å². The summed E-state index contributed by atoms with van der Waals surface area (Å²) in [5.41, 5.74) is 2.63. The maximum Gasteiger partial charge on any atom is 0.416 e. The van der Waals surface area contributed by atoms with Crippen molar-refractivity contribution < 1.29 is 18.0 Å². The van der Waals surface area contributed by atoms with Gasteiger partial charge in [0.15, 0.2) is 6.10 Å². The molecular formula is C20H16BrF3N4O. The van der Waals surface area contributed by atoms with Gasteiger partial charge in [-0.3, -0.25) is 0 Å². The SMILES string of the molecule is Cn1cnc(-c2cc([C@H]3CC(Br)=NO3)ccc2Nc2cccc(C(F)(F)F)c2)c1. The van der Waals surface area contributed by atoms with Crippen molar-refractivity contribution >= 4 is 31.9 Å². The van der Waals surface area contributed by atoms with Gasteiger partial charge in [-0.25, -0.2) is 4.98 Å². The molecule has 3 aromatic rings. The summed E-state index contributed by atoms with van der Waals surface area (Å²) in [6.45, 7) is 0. The van der Waals surface area contributed by atoms with E-state index < -0.39 is 11.7 Å². The molecule has 0 amide bonds. The van der Waals surface area contributed by atoms with Gasteiger partial charge in [0.1, 0.15) is 4.62 Å². The molecule has 0 radical (unpaired) electrons. The fourth-order valence-corrected chi connectivity index (χ4v) is 3.47. The molecule has 9 heteroatoms. The summed E-state index contributed by atoms with van der Waals surface area (Å²) in [4.78, 5) is 9.82. The highest BCUT2D eigenvalue weighted by atomic mass is 79.9. The van der Waals surface area contributed by atoms with Crippen LogP contribution in [-0.2, 0) is 18.1 Å². The number of anilines is 2. The predicted octanol–water partition coefficient (Wildman–Crippen LogP) is 6.02. The second-order valence-electron chi connectivity index (χ2n) is 6.70. The van der Waals surface area contributed by atoms with Crippen LogP contribution in [-0.4, -0.2) is 14.2 Å². The third kappa shape index (κ3) is 4.29. The first kappa shape index (κ1) is 19.5. The topological polar surface area (TPSA) is 51.4 Å². The lowest BCUT2D eigenvalue weighted by Crippen LogP contribution is -2.05. The molecule has 1 atom stereocenters. The van der Waals surface area contributed by atoms with Crippen molar-refractivity contribution in [3.8, 4) is 11.3 Å². The average molecular weight is 465 g/mol. The molecular weight excluding hydrogens is 449 g/mol. The molecule has 150 valence electrons. The Morgan fingerprint density at radius 2 is 2.03 bits per heavy atom. The van der Waals surface area contributed by atoms with E-state index in [4.69, 9.17) is 4.84 Å². The highest BCUT2D eigenvalue weighted by molar-refractivity contribution is 9.18. The maximum absolute atomic E-state index is 13.0. The minimum atomic E-state index is -4.40. The fraction of sp³-hybridized carbons (Fsp3) is 0.200. The Morgan fingerprint density at radius 1 is 1.21 bits per heavy atom. The van der Waals surface area contributed by atoms with Crippen molar-refractivity contribution in [3.63, 3.8) is 0 Å². The van der Waals surface area contributed by atoms with Gasteiger partial charge in [0.25, 0.3) is 0 Å². The quantitative estimate of drug-likeness (QED) is 0.513. The lowest BCUT2D eigenvalue weighted by molar-refractivity contribution is -0.137. The monoisotopic (exact) mass is 464 g/mol. The number of oxime groups is 1. The van der Waals surface area contributed by atoms with E-state index >= 15 is 0 Å². The van der Waals surface area contributed by atoms with Crippen LogP contribution in [0.25, 0.3) is 11.3 Å². The zero-order valence-corrected chi connectivity index (χ0v) is 16.8. The van der Waals surface area contributed by atoms with Crippen LogP contribution in [0.5, 0.6) is 0 Å². The van der Waals surface area contributed by atoms with E-state index in [1.807, 2.05) is 36.0 Å².